The van der Waals surface area contributed by atoms with Gasteiger partial charge in [-0.3, -0.25) is 0 Å². The van der Waals surface area contributed by atoms with Crippen LogP contribution in [0.25, 0.3) is 0 Å². The normalized spacial score (nSPS) is 24.9. The van der Waals surface area contributed by atoms with Crippen LogP contribution in [0.3, 0.4) is 0 Å². The van der Waals surface area contributed by atoms with Crippen LogP contribution >= 0.6 is 0 Å². The third kappa shape index (κ3) is 6.41. The molecule has 35 heavy (non-hydrogen) atoms. The summed E-state index contributed by atoms with van der Waals surface area (Å²) in [5.41, 5.74) is 1.53. The first-order chi connectivity index (χ1) is 17.0. The Bertz CT molecular complexity index is 960. The highest BCUT2D eigenvalue weighted by molar-refractivity contribution is 5.32. The van der Waals surface area contributed by atoms with E-state index >= 15 is 0 Å². The highest BCUT2D eigenvalue weighted by Crippen LogP contribution is 2.40. The van der Waals surface area contributed by atoms with Gasteiger partial charge in [-0.25, -0.2) is 13.2 Å². The van der Waals surface area contributed by atoms with Crippen molar-refractivity contribution in [3.63, 3.8) is 0 Å². The first-order valence-electron chi connectivity index (χ1n) is 13.5. The average Bonchev–Trinajstić information content (AvgIpc) is 2.87. The Hall–Kier alpha value is -2.01. The van der Waals surface area contributed by atoms with Crippen molar-refractivity contribution in [2.45, 2.75) is 103 Å². The van der Waals surface area contributed by atoms with E-state index in [1.807, 2.05) is 19.1 Å². The lowest BCUT2D eigenvalue weighted by Crippen LogP contribution is -2.21. The molecule has 0 spiro atoms. The summed E-state index contributed by atoms with van der Waals surface area (Å²) < 4.78 is 55.7. The molecule has 0 unspecified atom stereocenters. The average molecular weight is 489 g/mol. The highest BCUT2D eigenvalue weighted by Gasteiger charge is 2.28. The van der Waals surface area contributed by atoms with Crippen molar-refractivity contribution >= 4 is 0 Å². The van der Waals surface area contributed by atoms with Gasteiger partial charge >= 0.3 is 0 Å². The second-order valence-electron chi connectivity index (χ2n) is 10.3. The van der Waals surface area contributed by atoms with Crippen molar-refractivity contribution < 1.29 is 22.6 Å². The van der Waals surface area contributed by atoms with Crippen LogP contribution in [0.4, 0.5) is 13.2 Å². The number of ether oxygens (including phenoxy) is 2. The molecule has 2 saturated carbocycles. The van der Waals surface area contributed by atoms with Crippen LogP contribution in [-0.2, 0) is 11.3 Å². The largest absolute Gasteiger partial charge is 0.494 e. The maximum Gasteiger partial charge on any atom is 0.164 e. The Balaban J connectivity index is 1.28. The van der Waals surface area contributed by atoms with Gasteiger partial charge in [-0.2, -0.15) is 0 Å². The predicted octanol–water partition coefficient (Wildman–Crippen LogP) is 8.82. The molecule has 0 amide bonds. The van der Waals surface area contributed by atoms with E-state index in [2.05, 4.69) is 6.92 Å². The second kappa shape index (κ2) is 12.3. The van der Waals surface area contributed by atoms with Gasteiger partial charge < -0.3 is 9.47 Å². The van der Waals surface area contributed by atoms with Crippen LogP contribution < -0.4 is 4.74 Å². The number of halogens is 3. The summed E-state index contributed by atoms with van der Waals surface area (Å²) >= 11 is 0. The third-order valence-corrected chi connectivity index (χ3v) is 8.05. The van der Waals surface area contributed by atoms with Crippen molar-refractivity contribution in [2.24, 2.45) is 5.92 Å². The molecule has 0 aromatic heterocycles. The van der Waals surface area contributed by atoms with Gasteiger partial charge in [-0.1, -0.05) is 38.0 Å². The second-order valence-corrected chi connectivity index (χ2v) is 10.3. The summed E-state index contributed by atoms with van der Waals surface area (Å²) in [7, 11) is 0. The number of benzene rings is 2. The fourth-order valence-electron chi connectivity index (χ4n) is 6.05. The van der Waals surface area contributed by atoms with Crippen LogP contribution in [0.1, 0.15) is 107 Å². The molecule has 0 saturated heterocycles. The Labute approximate surface area is 208 Å². The zero-order valence-corrected chi connectivity index (χ0v) is 21.1. The Morgan fingerprint density at radius 2 is 1.43 bits per heavy atom. The molecule has 2 nitrogen and oxygen atoms in total. The zero-order chi connectivity index (χ0) is 24.8. The monoisotopic (exact) mass is 488 g/mol. The van der Waals surface area contributed by atoms with Crippen LogP contribution in [0.15, 0.2) is 30.3 Å². The minimum Gasteiger partial charge on any atom is -0.494 e. The maximum absolute atomic E-state index is 14.9. The van der Waals surface area contributed by atoms with Gasteiger partial charge in [-0.15, -0.1) is 0 Å². The molecule has 2 fully saturated rings. The molecule has 0 heterocycles. The van der Waals surface area contributed by atoms with Gasteiger partial charge in [0.2, 0.25) is 0 Å². The van der Waals surface area contributed by atoms with Gasteiger partial charge in [0.15, 0.2) is 11.6 Å². The zero-order valence-electron chi connectivity index (χ0n) is 21.1. The molecule has 2 aromatic rings. The molecule has 4 rings (SSSR count). The molecule has 0 atom stereocenters. The van der Waals surface area contributed by atoms with Crippen LogP contribution in [0.2, 0.25) is 0 Å². The van der Waals surface area contributed by atoms with Crippen molar-refractivity contribution in [1.82, 2.24) is 0 Å². The van der Waals surface area contributed by atoms with Gasteiger partial charge in [0.25, 0.3) is 0 Å². The topological polar surface area (TPSA) is 18.5 Å². The smallest absolute Gasteiger partial charge is 0.164 e. The van der Waals surface area contributed by atoms with E-state index in [1.165, 1.54) is 18.9 Å². The fraction of sp³-hybridized carbons (Fsp3) is 0.600. The van der Waals surface area contributed by atoms with Gasteiger partial charge in [0.1, 0.15) is 11.6 Å². The van der Waals surface area contributed by atoms with Crippen LogP contribution in [0.5, 0.6) is 5.75 Å². The van der Waals surface area contributed by atoms with E-state index in [0.29, 0.717) is 17.9 Å². The van der Waals surface area contributed by atoms with Gasteiger partial charge in [0, 0.05) is 11.6 Å². The third-order valence-electron chi connectivity index (χ3n) is 8.05. The lowest BCUT2D eigenvalue weighted by atomic mass is 9.77. The SMILES string of the molecule is CCCC1CCC(c2ccc(COC3CCC(c4ccc(OCC)cc4F)CC3)c(F)c2F)CC1. The van der Waals surface area contributed by atoms with E-state index in [0.717, 1.165) is 62.8 Å². The molecule has 0 radical (unpaired) electrons. The molecule has 0 aliphatic heterocycles. The molecule has 0 N–H and O–H groups in total. The van der Waals surface area contributed by atoms with Gasteiger partial charge in [0.05, 0.1) is 19.3 Å². The first kappa shape index (κ1) is 26.1. The van der Waals surface area contributed by atoms with Gasteiger partial charge in [-0.05, 0) is 93.2 Å². The van der Waals surface area contributed by atoms with E-state index in [9.17, 15) is 13.2 Å². The Morgan fingerprint density at radius 3 is 2.09 bits per heavy atom. The summed E-state index contributed by atoms with van der Waals surface area (Å²) in [6.07, 6.45) is 9.67. The first-order valence-corrected chi connectivity index (χ1v) is 13.5. The maximum atomic E-state index is 14.9. The van der Waals surface area contributed by atoms with Crippen LogP contribution in [0, 0.1) is 23.4 Å². The molecule has 5 heteroatoms. The molecular weight excluding hydrogens is 449 g/mol. The molecule has 0 bridgehead atoms. The quantitative estimate of drug-likeness (QED) is 0.351. The number of hydrogen-bond donors (Lipinski definition) is 0. The van der Waals surface area contributed by atoms with E-state index in [-0.39, 0.29) is 35.9 Å². The summed E-state index contributed by atoms with van der Waals surface area (Å²) in [4.78, 5) is 0. The van der Waals surface area contributed by atoms with E-state index in [4.69, 9.17) is 9.47 Å². The Morgan fingerprint density at radius 1 is 0.771 bits per heavy atom. The molecule has 192 valence electrons. The lowest BCUT2D eigenvalue weighted by molar-refractivity contribution is 0.0116. The van der Waals surface area contributed by atoms with Crippen molar-refractivity contribution in [1.29, 1.82) is 0 Å². The summed E-state index contributed by atoms with van der Waals surface area (Å²) in [5, 5.41) is 0. The molecule has 2 aliphatic rings. The molecular formula is C30H39F3O2. The fourth-order valence-corrected chi connectivity index (χ4v) is 6.05. The molecule has 2 aromatic carbocycles. The number of rotatable bonds is 9. The lowest BCUT2D eigenvalue weighted by Gasteiger charge is -2.30. The number of hydrogen-bond acceptors (Lipinski definition) is 2. The minimum absolute atomic E-state index is 0.0204. The highest BCUT2D eigenvalue weighted by atomic mass is 19.2. The minimum atomic E-state index is -0.761. The summed E-state index contributed by atoms with van der Waals surface area (Å²) in [6.45, 7) is 4.66. The van der Waals surface area contributed by atoms with Crippen molar-refractivity contribution in [3.05, 3.63) is 64.5 Å². The summed E-state index contributed by atoms with van der Waals surface area (Å²) in [5.74, 6) is -0.134. The predicted molar refractivity (Wildman–Crippen MR) is 133 cm³/mol. The van der Waals surface area contributed by atoms with Crippen molar-refractivity contribution in [2.75, 3.05) is 6.61 Å². The Kier molecular flexibility index (Phi) is 9.16. The van der Waals surface area contributed by atoms with Crippen LogP contribution in [-0.4, -0.2) is 12.7 Å². The standard InChI is InChI=1S/C30H39F3O2/c1-3-5-20-6-8-22(9-7-20)27-16-12-23(29(32)30(27)33)19-35-24-13-10-21(11-14-24)26-17-15-25(34-4-2)18-28(26)31/h12,15-18,20-22,24H,3-11,13-14,19H2,1-2H3. The van der Waals surface area contributed by atoms with Crippen molar-refractivity contribution in [3.8, 4) is 5.75 Å². The van der Waals surface area contributed by atoms with E-state index in [1.54, 1.807) is 12.1 Å². The van der Waals surface area contributed by atoms with E-state index < -0.39 is 11.6 Å². The summed E-state index contributed by atoms with van der Waals surface area (Å²) in [6, 6.07) is 8.57. The molecule has 2 aliphatic carbocycles.